The van der Waals surface area contributed by atoms with Crippen LogP contribution in [0.15, 0.2) is 72.3 Å². The molecule has 2 aromatic rings. The third-order valence-corrected chi connectivity index (χ3v) is 5.36. The summed E-state index contributed by atoms with van der Waals surface area (Å²) in [6.07, 6.45) is 2.76. The van der Waals surface area contributed by atoms with Gasteiger partial charge in [-0.2, -0.15) is 0 Å². The first-order valence-corrected chi connectivity index (χ1v) is 8.95. The standard InChI is InChI=1S/C22H23NO3/c1-15(2)19-13-18(14-24)20(16-9-5-3-6-10-16)22(23(25)26)21(19)17-11-7-4-8-12-17/h3-15,19-22H,1-2H3. The molecule has 0 heterocycles. The van der Waals surface area contributed by atoms with E-state index < -0.39 is 12.0 Å². The number of hydrogen-bond acceptors (Lipinski definition) is 3. The van der Waals surface area contributed by atoms with Gasteiger partial charge in [0.2, 0.25) is 6.04 Å². The Hall–Kier alpha value is -2.75. The maximum atomic E-state index is 12.2. The highest BCUT2D eigenvalue weighted by Crippen LogP contribution is 2.47. The number of benzene rings is 2. The largest absolute Gasteiger partial charge is 0.298 e. The van der Waals surface area contributed by atoms with Gasteiger partial charge < -0.3 is 0 Å². The lowest BCUT2D eigenvalue weighted by atomic mass is 9.64. The van der Waals surface area contributed by atoms with E-state index in [1.165, 1.54) is 0 Å². The van der Waals surface area contributed by atoms with E-state index in [0.717, 1.165) is 17.4 Å². The van der Waals surface area contributed by atoms with Crippen molar-refractivity contribution < 1.29 is 9.72 Å². The van der Waals surface area contributed by atoms with Gasteiger partial charge in [-0.05, 0) is 23.0 Å². The van der Waals surface area contributed by atoms with E-state index in [1.807, 2.05) is 66.7 Å². The van der Waals surface area contributed by atoms with Crippen molar-refractivity contribution >= 4 is 6.29 Å². The number of carbonyl (C=O) groups is 1. The molecule has 0 spiro atoms. The Kier molecular flexibility index (Phi) is 5.31. The van der Waals surface area contributed by atoms with Gasteiger partial charge in [0.1, 0.15) is 6.29 Å². The quantitative estimate of drug-likeness (QED) is 0.450. The number of carbonyl (C=O) groups excluding carboxylic acids is 1. The zero-order valence-electron chi connectivity index (χ0n) is 15.0. The minimum absolute atomic E-state index is 0.0621. The Morgan fingerprint density at radius 2 is 1.50 bits per heavy atom. The fourth-order valence-corrected chi connectivity index (χ4v) is 4.18. The van der Waals surface area contributed by atoms with E-state index >= 15 is 0 Å². The summed E-state index contributed by atoms with van der Waals surface area (Å²) in [7, 11) is 0. The summed E-state index contributed by atoms with van der Waals surface area (Å²) in [6.45, 7) is 4.11. The molecule has 1 aliphatic carbocycles. The summed E-state index contributed by atoms with van der Waals surface area (Å²) >= 11 is 0. The van der Waals surface area contributed by atoms with Gasteiger partial charge in [-0.25, -0.2) is 0 Å². The summed E-state index contributed by atoms with van der Waals surface area (Å²) in [6, 6.07) is 18.1. The lowest BCUT2D eigenvalue weighted by Gasteiger charge is -2.38. The maximum absolute atomic E-state index is 12.2. The number of aldehydes is 1. The normalized spacial score (nSPS) is 25.6. The smallest absolute Gasteiger partial charge is 0.231 e. The summed E-state index contributed by atoms with van der Waals surface area (Å²) < 4.78 is 0. The van der Waals surface area contributed by atoms with Crippen molar-refractivity contribution in [1.29, 1.82) is 0 Å². The third-order valence-electron chi connectivity index (χ3n) is 5.36. The van der Waals surface area contributed by atoms with Crippen LogP contribution in [0.2, 0.25) is 0 Å². The molecule has 3 rings (SSSR count). The van der Waals surface area contributed by atoms with Crippen LogP contribution < -0.4 is 0 Å². The molecule has 26 heavy (non-hydrogen) atoms. The zero-order valence-corrected chi connectivity index (χ0v) is 15.0. The average molecular weight is 349 g/mol. The van der Waals surface area contributed by atoms with Crippen molar-refractivity contribution in [2.24, 2.45) is 11.8 Å². The van der Waals surface area contributed by atoms with E-state index in [1.54, 1.807) is 0 Å². The molecule has 0 radical (unpaired) electrons. The van der Waals surface area contributed by atoms with Gasteiger partial charge in [-0.15, -0.1) is 0 Å². The lowest BCUT2D eigenvalue weighted by Crippen LogP contribution is -2.43. The lowest BCUT2D eigenvalue weighted by molar-refractivity contribution is -0.532. The summed E-state index contributed by atoms with van der Waals surface area (Å²) in [4.78, 5) is 23.9. The molecule has 0 bridgehead atoms. The minimum atomic E-state index is -0.877. The molecular weight excluding hydrogens is 326 g/mol. The molecule has 2 aromatic carbocycles. The molecule has 0 N–H and O–H groups in total. The first kappa shape index (κ1) is 18.1. The average Bonchev–Trinajstić information content (AvgIpc) is 2.67. The summed E-state index contributed by atoms with van der Waals surface area (Å²) in [5.74, 6) is -0.689. The highest BCUT2D eigenvalue weighted by atomic mass is 16.6. The molecule has 4 heteroatoms. The van der Waals surface area contributed by atoms with Gasteiger partial charge in [0.15, 0.2) is 0 Å². The van der Waals surface area contributed by atoms with Crippen molar-refractivity contribution in [3.05, 3.63) is 93.6 Å². The van der Waals surface area contributed by atoms with E-state index in [2.05, 4.69) is 13.8 Å². The molecule has 1 aliphatic rings. The van der Waals surface area contributed by atoms with Crippen LogP contribution in [0.25, 0.3) is 0 Å². The molecular formula is C22H23NO3. The van der Waals surface area contributed by atoms with Gasteiger partial charge >= 0.3 is 0 Å². The van der Waals surface area contributed by atoms with Gasteiger partial charge in [0.05, 0.1) is 11.8 Å². The van der Waals surface area contributed by atoms with Crippen LogP contribution in [0.1, 0.15) is 36.8 Å². The molecule has 0 aliphatic heterocycles. The van der Waals surface area contributed by atoms with Crippen LogP contribution in [0.3, 0.4) is 0 Å². The van der Waals surface area contributed by atoms with Gasteiger partial charge in [0.25, 0.3) is 0 Å². The summed E-state index contributed by atoms with van der Waals surface area (Å²) in [5.41, 5.74) is 2.29. The van der Waals surface area contributed by atoms with E-state index in [9.17, 15) is 14.9 Å². The van der Waals surface area contributed by atoms with Crippen LogP contribution in [0, 0.1) is 22.0 Å². The number of nitro groups is 1. The van der Waals surface area contributed by atoms with Crippen molar-refractivity contribution in [2.75, 3.05) is 0 Å². The highest BCUT2D eigenvalue weighted by molar-refractivity contribution is 5.77. The molecule has 0 aromatic heterocycles. The topological polar surface area (TPSA) is 60.2 Å². The van der Waals surface area contributed by atoms with Crippen LogP contribution in [0.4, 0.5) is 0 Å². The predicted octanol–water partition coefficient (Wildman–Crippen LogP) is 4.61. The Balaban J connectivity index is 2.22. The van der Waals surface area contributed by atoms with Crippen molar-refractivity contribution in [1.82, 2.24) is 0 Å². The van der Waals surface area contributed by atoms with Crippen molar-refractivity contribution in [3.8, 4) is 0 Å². The first-order valence-electron chi connectivity index (χ1n) is 8.95. The number of nitrogens with zero attached hydrogens (tertiary/aromatic N) is 1. The molecule has 0 fully saturated rings. The SMILES string of the molecule is CC(C)C1C=C(C=O)C(c2ccccc2)C([N+](=O)[O-])C1c1ccccc1. The second-order valence-electron chi connectivity index (χ2n) is 7.21. The Morgan fingerprint density at radius 1 is 0.962 bits per heavy atom. The molecule has 134 valence electrons. The molecule has 4 atom stereocenters. The van der Waals surface area contributed by atoms with Gasteiger partial charge in [-0.3, -0.25) is 14.9 Å². The fourth-order valence-electron chi connectivity index (χ4n) is 4.18. The van der Waals surface area contributed by atoms with E-state index in [-0.39, 0.29) is 22.7 Å². The molecule has 0 saturated heterocycles. The van der Waals surface area contributed by atoms with Crippen LogP contribution in [0.5, 0.6) is 0 Å². The summed E-state index contributed by atoms with van der Waals surface area (Å²) in [5, 5.41) is 12.2. The third kappa shape index (κ3) is 3.32. The second-order valence-corrected chi connectivity index (χ2v) is 7.21. The Labute approximate surface area is 153 Å². The van der Waals surface area contributed by atoms with Crippen LogP contribution in [-0.2, 0) is 4.79 Å². The Morgan fingerprint density at radius 3 is 1.96 bits per heavy atom. The number of allylic oxidation sites excluding steroid dienone is 1. The zero-order chi connectivity index (χ0) is 18.7. The predicted molar refractivity (Wildman–Crippen MR) is 102 cm³/mol. The number of rotatable bonds is 5. The number of hydrogen-bond donors (Lipinski definition) is 0. The van der Waals surface area contributed by atoms with Gasteiger partial charge in [-0.1, -0.05) is 80.6 Å². The van der Waals surface area contributed by atoms with E-state index in [0.29, 0.717) is 5.57 Å². The Bertz CT molecular complexity index is 799. The first-order chi connectivity index (χ1) is 12.5. The van der Waals surface area contributed by atoms with E-state index in [4.69, 9.17) is 0 Å². The van der Waals surface area contributed by atoms with Gasteiger partial charge in [0, 0.05) is 10.5 Å². The monoisotopic (exact) mass is 349 g/mol. The van der Waals surface area contributed by atoms with Crippen LogP contribution >= 0.6 is 0 Å². The molecule has 0 amide bonds. The van der Waals surface area contributed by atoms with Crippen molar-refractivity contribution in [3.63, 3.8) is 0 Å². The highest BCUT2D eigenvalue weighted by Gasteiger charge is 2.49. The molecule has 4 nitrogen and oxygen atoms in total. The maximum Gasteiger partial charge on any atom is 0.231 e. The van der Waals surface area contributed by atoms with Crippen LogP contribution in [-0.4, -0.2) is 17.3 Å². The minimum Gasteiger partial charge on any atom is -0.298 e. The van der Waals surface area contributed by atoms with Crippen molar-refractivity contribution in [2.45, 2.75) is 31.7 Å². The second kappa shape index (κ2) is 7.65. The fraction of sp³-hybridized carbons (Fsp3) is 0.318. The molecule has 4 unspecified atom stereocenters. The molecule has 0 saturated carbocycles.